The molecule has 3 N–H and O–H groups in total. The van der Waals surface area contributed by atoms with E-state index in [2.05, 4.69) is 5.32 Å². The number of nitrogens with one attached hydrogen (secondary N) is 1. The van der Waals surface area contributed by atoms with Crippen LogP contribution >= 0.6 is 0 Å². The third-order valence-corrected chi connectivity index (χ3v) is 6.13. The summed E-state index contributed by atoms with van der Waals surface area (Å²) in [4.78, 5) is 12.4. The van der Waals surface area contributed by atoms with Gasteiger partial charge in [0.2, 0.25) is 15.9 Å². The lowest BCUT2D eigenvalue weighted by atomic mass is 10.1. The monoisotopic (exact) mass is 339 g/mol. The standard InChI is InChI=1S/C16H25N3O3S/c1-2-11-23(21,22)19-10-6-9-15(19)16(20)18-12-14(17)13-7-4-3-5-8-13/h3-5,7-8,14-15H,2,6,9-12,17H2,1H3,(H,18,20). The topological polar surface area (TPSA) is 92.5 Å². The van der Waals surface area contributed by atoms with Crippen LogP contribution in [-0.4, -0.2) is 43.5 Å². The van der Waals surface area contributed by atoms with Crippen LogP contribution in [0.25, 0.3) is 0 Å². The number of hydrogen-bond donors (Lipinski definition) is 2. The molecule has 2 unspecified atom stereocenters. The van der Waals surface area contributed by atoms with Crippen molar-refractivity contribution >= 4 is 15.9 Å². The van der Waals surface area contributed by atoms with Crippen LogP contribution in [0.1, 0.15) is 37.8 Å². The second-order valence-corrected chi connectivity index (χ2v) is 7.89. The summed E-state index contributed by atoms with van der Waals surface area (Å²) in [6.07, 6.45) is 1.83. The first-order chi connectivity index (χ1) is 11.0. The quantitative estimate of drug-likeness (QED) is 0.775. The van der Waals surface area contributed by atoms with Gasteiger partial charge in [0.25, 0.3) is 0 Å². The van der Waals surface area contributed by atoms with Gasteiger partial charge in [-0.05, 0) is 24.8 Å². The third kappa shape index (κ3) is 4.53. The summed E-state index contributed by atoms with van der Waals surface area (Å²) in [5.41, 5.74) is 7.00. The number of nitrogens with two attached hydrogens (primary N) is 1. The third-order valence-electron chi connectivity index (χ3n) is 4.05. The molecule has 1 aromatic rings. The molecule has 1 aliphatic rings. The van der Waals surface area contributed by atoms with Crippen molar-refractivity contribution in [3.05, 3.63) is 35.9 Å². The summed E-state index contributed by atoms with van der Waals surface area (Å²) in [6, 6.07) is 8.61. The van der Waals surface area contributed by atoms with E-state index < -0.39 is 16.1 Å². The van der Waals surface area contributed by atoms with Gasteiger partial charge in [0.15, 0.2) is 0 Å². The molecule has 1 aromatic carbocycles. The number of rotatable bonds is 7. The Bertz CT molecular complexity index is 619. The van der Waals surface area contributed by atoms with Crippen molar-refractivity contribution in [3.63, 3.8) is 0 Å². The van der Waals surface area contributed by atoms with Crippen LogP contribution in [0.3, 0.4) is 0 Å². The van der Waals surface area contributed by atoms with E-state index in [1.807, 2.05) is 37.3 Å². The molecule has 128 valence electrons. The maximum Gasteiger partial charge on any atom is 0.238 e. The van der Waals surface area contributed by atoms with E-state index in [-0.39, 0.29) is 17.7 Å². The largest absolute Gasteiger partial charge is 0.353 e. The van der Waals surface area contributed by atoms with Gasteiger partial charge in [-0.2, -0.15) is 4.31 Å². The maximum atomic E-state index is 12.4. The average molecular weight is 339 g/mol. The molecule has 1 aliphatic heterocycles. The highest BCUT2D eigenvalue weighted by molar-refractivity contribution is 7.89. The molecule has 1 heterocycles. The highest BCUT2D eigenvalue weighted by atomic mass is 32.2. The second kappa shape index (κ2) is 7.90. The number of hydrogen-bond acceptors (Lipinski definition) is 4. The molecule has 6 nitrogen and oxygen atoms in total. The Labute approximate surface area is 138 Å². The van der Waals surface area contributed by atoms with Crippen molar-refractivity contribution in [3.8, 4) is 0 Å². The summed E-state index contributed by atoms with van der Waals surface area (Å²) in [6.45, 7) is 2.54. The molecule has 2 atom stereocenters. The SMILES string of the molecule is CCCS(=O)(=O)N1CCCC1C(=O)NCC(N)c1ccccc1. The molecule has 7 heteroatoms. The zero-order valence-electron chi connectivity index (χ0n) is 13.4. The molecule has 0 bridgehead atoms. The molecule has 0 aliphatic carbocycles. The summed E-state index contributed by atoms with van der Waals surface area (Å²) in [7, 11) is -3.35. The molecule has 1 amide bonds. The zero-order valence-corrected chi connectivity index (χ0v) is 14.3. The Morgan fingerprint density at radius 1 is 1.39 bits per heavy atom. The fourth-order valence-corrected chi connectivity index (χ4v) is 4.60. The molecule has 0 radical (unpaired) electrons. The molecular weight excluding hydrogens is 314 g/mol. The smallest absolute Gasteiger partial charge is 0.238 e. The van der Waals surface area contributed by atoms with E-state index >= 15 is 0 Å². The van der Waals surface area contributed by atoms with E-state index in [9.17, 15) is 13.2 Å². The number of carbonyl (C=O) groups is 1. The van der Waals surface area contributed by atoms with Gasteiger partial charge in [-0.15, -0.1) is 0 Å². The predicted octanol–water partition coefficient (Wildman–Crippen LogP) is 1.01. The van der Waals surface area contributed by atoms with Crippen molar-refractivity contribution in [1.29, 1.82) is 0 Å². The average Bonchev–Trinajstić information content (AvgIpc) is 3.03. The summed E-state index contributed by atoms with van der Waals surface area (Å²) >= 11 is 0. The van der Waals surface area contributed by atoms with Gasteiger partial charge in [-0.3, -0.25) is 4.79 Å². The highest BCUT2D eigenvalue weighted by Crippen LogP contribution is 2.22. The van der Waals surface area contributed by atoms with E-state index in [4.69, 9.17) is 5.73 Å². The molecule has 0 aromatic heterocycles. The number of carbonyl (C=O) groups excluding carboxylic acids is 1. The van der Waals surface area contributed by atoms with Gasteiger partial charge in [0.1, 0.15) is 6.04 Å². The summed E-state index contributed by atoms with van der Waals surface area (Å²) in [5, 5.41) is 2.80. The Kier molecular flexibility index (Phi) is 6.15. The fraction of sp³-hybridized carbons (Fsp3) is 0.562. The first-order valence-corrected chi connectivity index (χ1v) is 9.64. The van der Waals surface area contributed by atoms with E-state index in [1.54, 1.807) is 0 Å². The number of benzene rings is 1. The predicted molar refractivity (Wildman–Crippen MR) is 90.2 cm³/mol. The zero-order chi connectivity index (χ0) is 16.9. The van der Waals surface area contributed by atoms with Gasteiger partial charge < -0.3 is 11.1 Å². The molecule has 0 spiro atoms. The Balaban J connectivity index is 1.95. The Morgan fingerprint density at radius 2 is 2.09 bits per heavy atom. The van der Waals surface area contributed by atoms with Crippen LogP contribution in [0.2, 0.25) is 0 Å². The summed E-state index contributed by atoms with van der Waals surface area (Å²) < 4.78 is 25.8. The van der Waals surface area contributed by atoms with Crippen molar-refractivity contribution in [1.82, 2.24) is 9.62 Å². The van der Waals surface area contributed by atoms with Gasteiger partial charge in [0.05, 0.1) is 5.75 Å². The minimum atomic E-state index is -3.35. The normalized spacial score (nSPS) is 20.3. The molecule has 0 saturated carbocycles. The van der Waals surface area contributed by atoms with Crippen LogP contribution < -0.4 is 11.1 Å². The van der Waals surface area contributed by atoms with Gasteiger partial charge in [0, 0.05) is 19.1 Å². The van der Waals surface area contributed by atoms with Crippen molar-refractivity contribution in [2.24, 2.45) is 5.73 Å². The number of nitrogens with zero attached hydrogens (tertiary/aromatic N) is 1. The lowest BCUT2D eigenvalue weighted by molar-refractivity contribution is -0.124. The first-order valence-electron chi connectivity index (χ1n) is 8.03. The molecule has 23 heavy (non-hydrogen) atoms. The lowest BCUT2D eigenvalue weighted by Crippen LogP contribution is -2.47. The van der Waals surface area contributed by atoms with Crippen molar-refractivity contribution in [2.45, 2.75) is 38.3 Å². The van der Waals surface area contributed by atoms with Crippen molar-refractivity contribution < 1.29 is 13.2 Å². The minimum Gasteiger partial charge on any atom is -0.353 e. The Morgan fingerprint density at radius 3 is 2.74 bits per heavy atom. The lowest BCUT2D eigenvalue weighted by Gasteiger charge is -2.24. The maximum absolute atomic E-state index is 12.4. The van der Waals surface area contributed by atoms with Gasteiger partial charge >= 0.3 is 0 Å². The molecule has 1 fully saturated rings. The first kappa shape index (κ1) is 17.9. The molecule has 2 rings (SSSR count). The fourth-order valence-electron chi connectivity index (χ4n) is 2.86. The highest BCUT2D eigenvalue weighted by Gasteiger charge is 2.37. The second-order valence-electron chi connectivity index (χ2n) is 5.85. The number of amides is 1. The van der Waals surface area contributed by atoms with E-state index in [0.29, 0.717) is 32.4 Å². The van der Waals surface area contributed by atoms with Gasteiger partial charge in [-0.25, -0.2) is 8.42 Å². The van der Waals surface area contributed by atoms with Crippen LogP contribution in [-0.2, 0) is 14.8 Å². The van der Waals surface area contributed by atoms with Gasteiger partial charge in [-0.1, -0.05) is 37.3 Å². The van der Waals surface area contributed by atoms with Crippen LogP contribution in [0.15, 0.2) is 30.3 Å². The van der Waals surface area contributed by atoms with E-state index in [0.717, 1.165) is 5.56 Å². The molecular formula is C16H25N3O3S. The van der Waals surface area contributed by atoms with Crippen LogP contribution in [0.5, 0.6) is 0 Å². The van der Waals surface area contributed by atoms with E-state index in [1.165, 1.54) is 4.31 Å². The van der Waals surface area contributed by atoms with Crippen molar-refractivity contribution in [2.75, 3.05) is 18.8 Å². The summed E-state index contributed by atoms with van der Waals surface area (Å²) in [5.74, 6) is -0.172. The van der Waals surface area contributed by atoms with Crippen LogP contribution in [0, 0.1) is 0 Å². The Hall–Kier alpha value is -1.44. The minimum absolute atomic E-state index is 0.0836. The number of sulfonamides is 1. The van der Waals surface area contributed by atoms with Crippen LogP contribution in [0.4, 0.5) is 0 Å². The molecule has 1 saturated heterocycles.